The monoisotopic (exact) mass is 322 g/mol. The van der Waals surface area contributed by atoms with Gasteiger partial charge in [-0.2, -0.15) is 0 Å². The van der Waals surface area contributed by atoms with Gasteiger partial charge in [0.1, 0.15) is 4.90 Å². The average molecular weight is 323 g/mol. The summed E-state index contributed by atoms with van der Waals surface area (Å²) in [5, 5.41) is 0.0443. The highest BCUT2D eigenvalue weighted by Gasteiger charge is 2.21. The van der Waals surface area contributed by atoms with Crippen LogP contribution in [0.5, 0.6) is 0 Å². The number of anilines is 1. The first kappa shape index (κ1) is 16.9. The van der Waals surface area contributed by atoms with Crippen LogP contribution in [0.25, 0.3) is 0 Å². The van der Waals surface area contributed by atoms with Crippen LogP contribution >= 0.6 is 11.6 Å². The van der Waals surface area contributed by atoms with Gasteiger partial charge in [-0.15, -0.1) is 0 Å². The topological polar surface area (TPSA) is 81.4 Å². The lowest BCUT2D eigenvalue weighted by Gasteiger charge is -2.10. The standard InChI is InChI=1S/C12H16ClFN2O3S/c1-8(2)7-19-4-3-16-20(17,18)11-6-9(13)5-10(15)12(11)14/h5-6,16H,1,3-4,7,15H2,2H3. The number of sulfonamides is 1. The second-order valence-electron chi connectivity index (χ2n) is 4.21. The first-order chi connectivity index (χ1) is 9.24. The third-order valence-corrected chi connectivity index (χ3v) is 3.89. The van der Waals surface area contributed by atoms with E-state index in [1.807, 2.05) is 0 Å². The number of rotatable bonds is 7. The second kappa shape index (κ2) is 7.03. The van der Waals surface area contributed by atoms with Gasteiger partial charge in [0.05, 0.1) is 18.9 Å². The maximum Gasteiger partial charge on any atom is 0.243 e. The molecule has 0 atom stereocenters. The molecule has 0 saturated carbocycles. The van der Waals surface area contributed by atoms with Crippen molar-refractivity contribution in [2.75, 3.05) is 25.5 Å². The van der Waals surface area contributed by atoms with Crippen LogP contribution in [0.2, 0.25) is 5.02 Å². The van der Waals surface area contributed by atoms with Gasteiger partial charge in [-0.1, -0.05) is 23.8 Å². The number of benzene rings is 1. The minimum Gasteiger partial charge on any atom is -0.396 e. The molecule has 0 fully saturated rings. The van der Waals surface area contributed by atoms with E-state index in [9.17, 15) is 12.8 Å². The molecule has 8 heteroatoms. The summed E-state index contributed by atoms with van der Waals surface area (Å²) in [5.74, 6) is -1.02. The molecule has 0 aliphatic heterocycles. The van der Waals surface area contributed by atoms with Crippen LogP contribution in [0.1, 0.15) is 6.92 Å². The summed E-state index contributed by atoms with van der Waals surface area (Å²) in [6.07, 6.45) is 0. The Balaban J connectivity index is 2.72. The van der Waals surface area contributed by atoms with Gasteiger partial charge in [-0.25, -0.2) is 17.5 Å². The van der Waals surface area contributed by atoms with Crippen LogP contribution in [0.3, 0.4) is 0 Å². The van der Waals surface area contributed by atoms with Crippen LogP contribution in [-0.4, -0.2) is 28.2 Å². The molecule has 0 spiro atoms. The van der Waals surface area contributed by atoms with Crippen molar-refractivity contribution in [3.05, 3.63) is 35.1 Å². The van der Waals surface area contributed by atoms with Gasteiger partial charge >= 0.3 is 0 Å². The number of ether oxygens (including phenoxy) is 1. The molecule has 0 saturated heterocycles. The van der Waals surface area contributed by atoms with Gasteiger partial charge < -0.3 is 10.5 Å². The van der Waals surface area contributed by atoms with Crippen molar-refractivity contribution in [2.45, 2.75) is 11.8 Å². The van der Waals surface area contributed by atoms with Crippen molar-refractivity contribution in [3.8, 4) is 0 Å². The summed E-state index contributed by atoms with van der Waals surface area (Å²) < 4.78 is 44.9. The predicted molar refractivity (Wildman–Crippen MR) is 76.6 cm³/mol. The molecule has 0 amide bonds. The summed E-state index contributed by atoms with van der Waals surface area (Å²) in [6, 6.07) is 2.15. The van der Waals surface area contributed by atoms with Crippen LogP contribution in [0.15, 0.2) is 29.2 Å². The van der Waals surface area contributed by atoms with Crippen molar-refractivity contribution < 1.29 is 17.5 Å². The summed E-state index contributed by atoms with van der Waals surface area (Å²) in [5.41, 5.74) is 5.84. The van der Waals surface area contributed by atoms with Gasteiger partial charge in [0, 0.05) is 11.6 Å². The lowest BCUT2D eigenvalue weighted by Crippen LogP contribution is -2.28. The van der Waals surface area contributed by atoms with Gasteiger partial charge in [-0.3, -0.25) is 0 Å². The maximum absolute atomic E-state index is 13.7. The van der Waals surface area contributed by atoms with E-state index in [-0.39, 0.29) is 23.9 Å². The predicted octanol–water partition coefficient (Wildman–Crippen LogP) is 1.93. The zero-order valence-electron chi connectivity index (χ0n) is 10.9. The Hall–Kier alpha value is -1.15. The average Bonchev–Trinajstić information content (AvgIpc) is 2.32. The molecule has 0 aliphatic rings. The third-order valence-electron chi connectivity index (χ3n) is 2.21. The molecule has 0 bridgehead atoms. The zero-order valence-corrected chi connectivity index (χ0v) is 12.5. The Morgan fingerprint density at radius 1 is 1.55 bits per heavy atom. The third kappa shape index (κ3) is 4.75. The van der Waals surface area contributed by atoms with Crippen molar-refractivity contribution in [1.82, 2.24) is 4.72 Å². The lowest BCUT2D eigenvalue weighted by atomic mass is 10.3. The summed E-state index contributed by atoms with van der Waals surface area (Å²) >= 11 is 5.67. The normalized spacial score (nSPS) is 11.6. The minimum atomic E-state index is -4.03. The Kier molecular flexibility index (Phi) is 5.94. The van der Waals surface area contributed by atoms with Gasteiger partial charge in [0.15, 0.2) is 5.82 Å². The fraction of sp³-hybridized carbons (Fsp3) is 0.333. The lowest BCUT2D eigenvalue weighted by molar-refractivity contribution is 0.162. The summed E-state index contributed by atoms with van der Waals surface area (Å²) in [4.78, 5) is -0.581. The maximum atomic E-state index is 13.7. The van der Waals surface area contributed by atoms with Crippen molar-refractivity contribution in [1.29, 1.82) is 0 Å². The second-order valence-corrected chi connectivity index (χ2v) is 6.39. The van der Waals surface area contributed by atoms with Crippen molar-refractivity contribution in [3.63, 3.8) is 0 Å². The van der Waals surface area contributed by atoms with Gasteiger partial charge in [-0.05, 0) is 19.1 Å². The van der Waals surface area contributed by atoms with Crippen LogP contribution in [-0.2, 0) is 14.8 Å². The summed E-state index contributed by atoms with van der Waals surface area (Å²) in [7, 11) is -4.03. The first-order valence-electron chi connectivity index (χ1n) is 5.70. The van der Waals surface area contributed by atoms with Gasteiger partial charge in [0.2, 0.25) is 10.0 Å². The number of nitrogen functional groups attached to an aromatic ring is 1. The Morgan fingerprint density at radius 3 is 2.80 bits per heavy atom. The highest BCUT2D eigenvalue weighted by Crippen LogP contribution is 2.24. The molecule has 20 heavy (non-hydrogen) atoms. The molecule has 0 aliphatic carbocycles. The van der Waals surface area contributed by atoms with Crippen molar-refractivity contribution >= 4 is 27.3 Å². The fourth-order valence-corrected chi connectivity index (χ4v) is 2.79. The van der Waals surface area contributed by atoms with E-state index in [2.05, 4.69) is 11.3 Å². The van der Waals surface area contributed by atoms with E-state index in [4.69, 9.17) is 22.1 Å². The molecule has 0 aromatic heterocycles. The quantitative estimate of drug-likeness (QED) is 0.456. The van der Waals surface area contributed by atoms with Gasteiger partial charge in [0.25, 0.3) is 0 Å². The molecule has 0 radical (unpaired) electrons. The molecular formula is C12H16ClFN2O3S. The molecular weight excluding hydrogens is 307 g/mol. The minimum absolute atomic E-state index is 0.00146. The Labute approximate surface area is 122 Å². The Bertz CT molecular complexity index is 605. The van der Waals surface area contributed by atoms with Crippen LogP contribution in [0.4, 0.5) is 10.1 Å². The van der Waals surface area contributed by atoms with E-state index in [1.165, 1.54) is 0 Å². The number of nitrogens with one attached hydrogen (secondary N) is 1. The smallest absolute Gasteiger partial charge is 0.243 e. The molecule has 5 nitrogen and oxygen atoms in total. The van der Waals surface area contributed by atoms with Crippen molar-refractivity contribution in [2.24, 2.45) is 0 Å². The SMILES string of the molecule is C=C(C)COCCNS(=O)(=O)c1cc(Cl)cc(N)c1F. The van der Waals surface area contributed by atoms with E-state index in [0.29, 0.717) is 6.61 Å². The van der Waals surface area contributed by atoms with Crippen LogP contribution < -0.4 is 10.5 Å². The highest BCUT2D eigenvalue weighted by atomic mass is 35.5. The first-order valence-corrected chi connectivity index (χ1v) is 7.56. The fourth-order valence-electron chi connectivity index (χ4n) is 1.35. The molecule has 0 heterocycles. The van der Waals surface area contributed by atoms with E-state index in [1.54, 1.807) is 6.92 Å². The molecule has 1 aromatic rings. The Morgan fingerprint density at radius 2 is 2.20 bits per heavy atom. The number of hydrogen-bond acceptors (Lipinski definition) is 4. The number of nitrogens with two attached hydrogens (primary N) is 1. The van der Waals surface area contributed by atoms with E-state index >= 15 is 0 Å². The molecule has 112 valence electrons. The van der Waals surface area contributed by atoms with E-state index in [0.717, 1.165) is 17.7 Å². The molecule has 1 rings (SSSR count). The highest BCUT2D eigenvalue weighted by molar-refractivity contribution is 7.89. The molecule has 0 unspecified atom stereocenters. The zero-order chi connectivity index (χ0) is 15.3. The number of hydrogen-bond donors (Lipinski definition) is 2. The molecule has 3 N–H and O–H groups in total. The van der Waals surface area contributed by atoms with E-state index < -0.39 is 20.7 Å². The van der Waals surface area contributed by atoms with Crippen LogP contribution in [0, 0.1) is 5.82 Å². The number of halogens is 2. The molecule has 1 aromatic carbocycles. The summed E-state index contributed by atoms with van der Waals surface area (Å²) in [6.45, 7) is 5.90. The largest absolute Gasteiger partial charge is 0.396 e.